The van der Waals surface area contributed by atoms with E-state index >= 15 is 0 Å². The highest BCUT2D eigenvalue weighted by Crippen LogP contribution is 2.09. The molecule has 0 aliphatic rings. The van der Waals surface area contributed by atoms with E-state index in [9.17, 15) is 0 Å². The standard InChI is InChI=1S/C6H3ClN6/c7-6-11-10-5-2-1-4-9-8-3-12(4)13(5)6/h1-3H. The van der Waals surface area contributed by atoms with Crippen LogP contribution in [0, 0.1) is 0 Å². The van der Waals surface area contributed by atoms with Gasteiger partial charge in [-0.15, -0.1) is 20.4 Å². The molecular formula is C6H3ClN6. The summed E-state index contributed by atoms with van der Waals surface area (Å²) in [6.07, 6.45) is 1.55. The van der Waals surface area contributed by atoms with E-state index in [0.29, 0.717) is 16.6 Å². The first-order chi connectivity index (χ1) is 6.36. The Kier molecular flexibility index (Phi) is 1.13. The van der Waals surface area contributed by atoms with Gasteiger partial charge >= 0.3 is 0 Å². The first-order valence-electron chi connectivity index (χ1n) is 3.56. The molecule has 13 heavy (non-hydrogen) atoms. The van der Waals surface area contributed by atoms with Crippen LogP contribution >= 0.6 is 11.6 Å². The highest BCUT2D eigenvalue weighted by Gasteiger charge is 2.06. The van der Waals surface area contributed by atoms with E-state index in [1.807, 2.05) is 0 Å². The van der Waals surface area contributed by atoms with E-state index in [4.69, 9.17) is 11.6 Å². The van der Waals surface area contributed by atoms with Crippen molar-refractivity contribution in [2.45, 2.75) is 0 Å². The van der Waals surface area contributed by atoms with Crippen LogP contribution in [0.2, 0.25) is 5.28 Å². The zero-order chi connectivity index (χ0) is 8.84. The average Bonchev–Trinajstić information content (AvgIpc) is 2.70. The van der Waals surface area contributed by atoms with Crippen LogP contribution < -0.4 is 0 Å². The van der Waals surface area contributed by atoms with Gasteiger partial charge in [0.25, 0.3) is 0 Å². The summed E-state index contributed by atoms with van der Waals surface area (Å²) >= 11 is 5.82. The minimum absolute atomic E-state index is 0.292. The number of fused-ring (bicyclic) bond motifs is 3. The summed E-state index contributed by atoms with van der Waals surface area (Å²) in [5, 5.41) is 15.5. The molecule has 0 aliphatic carbocycles. The molecule has 0 spiro atoms. The predicted molar refractivity (Wildman–Crippen MR) is 44.5 cm³/mol. The van der Waals surface area contributed by atoms with E-state index in [1.165, 1.54) is 0 Å². The van der Waals surface area contributed by atoms with Crippen molar-refractivity contribution < 1.29 is 0 Å². The zero-order valence-electron chi connectivity index (χ0n) is 6.29. The lowest BCUT2D eigenvalue weighted by Crippen LogP contribution is -1.98. The second-order valence-corrected chi connectivity index (χ2v) is 2.84. The third kappa shape index (κ3) is 0.775. The molecule has 3 aromatic heterocycles. The summed E-state index contributed by atoms with van der Waals surface area (Å²) in [5.74, 6) is 0. The van der Waals surface area contributed by atoms with Crippen molar-refractivity contribution in [2.75, 3.05) is 0 Å². The summed E-state index contributed by atoms with van der Waals surface area (Å²) in [6.45, 7) is 0. The number of aromatic nitrogens is 6. The molecule has 0 aliphatic heterocycles. The van der Waals surface area contributed by atoms with Crippen molar-refractivity contribution in [3.05, 3.63) is 23.7 Å². The summed E-state index contributed by atoms with van der Waals surface area (Å²) in [7, 11) is 0. The van der Waals surface area contributed by atoms with E-state index in [-0.39, 0.29) is 0 Å². The van der Waals surface area contributed by atoms with Crippen LogP contribution in [0.5, 0.6) is 0 Å². The van der Waals surface area contributed by atoms with E-state index in [2.05, 4.69) is 20.4 Å². The van der Waals surface area contributed by atoms with Crippen molar-refractivity contribution in [3.63, 3.8) is 0 Å². The molecule has 0 amide bonds. The summed E-state index contributed by atoms with van der Waals surface area (Å²) in [6, 6.07) is 3.58. The van der Waals surface area contributed by atoms with Crippen molar-refractivity contribution in [2.24, 2.45) is 0 Å². The summed E-state index contributed by atoms with van der Waals surface area (Å²) in [5.41, 5.74) is 1.37. The minimum Gasteiger partial charge on any atom is -0.212 e. The lowest BCUT2D eigenvalue weighted by Gasteiger charge is -1.96. The molecule has 0 atom stereocenters. The van der Waals surface area contributed by atoms with Crippen molar-refractivity contribution in [3.8, 4) is 0 Å². The lowest BCUT2D eigenvalue weighted by molar-refractivity contribution is 0.843. The Balaban J connectivity index is 2.70. The van der Waals surface area contributed by atoms with Gasteiger partial charge in [-0.3, -0.25) is 0 Å². The maximum Gasteiger partial charge on any atom is 0.245 e. The predicted octanol–water partition coefficient (Wildman–Crippen LogP) is 0.425. The van der Waals surface area contributed by atoms with Crippen molar-refractivity contribution >= 4 is 22.9 Å². The van der Waals surface area contributed by atoms with Gasteiger partial charge in [-0.2, -0.15) is 4.52 Å². The van der Waals surface area contributed by atoms with Gasteiger partial charge < -0.3 is 0 Å². The molecule has 0 unspecified atom stereocenters. The van der Waals surface area contributed by atoms with Gasteiger partial charge in [0, 0.05) is 0 Å². The Labute approximate surface area is 76.8 Å². The van der Waals surface area contributed by atoms with Crippen LogP contribution in [0.25, 0.3) is 11.3 Å². The fraction of sp³-hybridized carbons (Fsp3) is 0. The van der Waals surface area contributed by atoms with Crippen LogP contribution in [0.15, 0.2) is 18.5 Å². The molecule has 0 saturated heterocycles. The zero-order valence-corrected chi connectivity index (χ0v) is 7.05. The van der Waals surface area contributed by atoms with Crippen LogP contribution in [0.1, 0.15) is 0 Å². The third-order valence-corrected chi connectivity index (χ3v) is 2.02. The van der Waals surface area contributed by atoms with Gasteiger partial charge in [-0.1, -0.05) is 0 Å². The lowest BCUT2D eigenvalue weighted by atomic mass is 10.5. The molecule has 3 aromatic rings. The van der Waals surface area contributed by atoms with Crippen LogP contribution in [0.3, 0.4) is 0 Å². The van der Waals surface area contributed by atoms with Gasteiger partial charge in [0.15, 0.2) is 11.3 Å². The molecule has 0 aromatic carbocycles. The highest BCUT2D eigenvalue weighted by molar-refractivity contribution is 6.28. The SMILES string of the molecule is Clc1nnc2ccc3nncn3n12. The Morgan fingerprint density at radius 3 is 2.85 bits per heavy atom. The second kappa shape index (κ2) is 2.17. The van der Waals surface area contributed by atoms with Crippen LogP contribution in [0.4, 0.5) is 0 Å². The van der Waals surface area contributed by atoms with Crippen molar-refractivity contribution in [1.29, 1.82) is 0 Å². The van der Waals surface area contributed by atoms with E-state index < -0.39 is 0 Å². The van der Waals surface area contributed by atoms with Gasteiger partial charge in [0.05, 0.1) is 0 Å². The Bertz CT molecular complexity index is 581. The Morgan fingerprint density at radius 1 is 1.08 bits per heavy atom. The van der Waals surface area contributed by atoms with Crippen LogP contribution in [-0.2, 0) is 0 Å². The third-order valence-electron chi connectivity index (χ3n) is 1.78. The van der Waals surface area contributed by atoms with Gasteiger partial charge in [-0.25, -0.2) is 4.52 Å². The molecule has 0 saturated carbocycles. The number of nitrogens with zero attached hydrogens (tertiary/aromatic N) is 6. The maximum atomic E-state index is 5.82. The Morgan fingerprint density at radius 2 is 1.92 bits per heavy atom. The minimum atomic E-state index is 0.292. The van der Waals surface area contributed by atoms with E-state index in [0.717, 1.165) is 0 Å². The fourth-order valence-electron chi connectivity index (χ4n) is 1.23. The maximum absolute atomic E-state index is 5.82. The number of hydrogen-bond acceptors (Lipinski definition) is 4. The molecule has 0 N–H and O–H groups in total. The number of halogens is 1. The fourth-order valence-corrected chi connectivity index (χ4v) is 1.43. The first kappa shape index (κ1) is 6.79. The van der Waals surface area contributed by atoms with Gasteiger partial charge in [-0.05, 0) is 23.7 Å². The number of hydrogen-bond donors (Lipinski definition) is 0. The monoisotopic (exact) mass is 194 g/mol. The molecule has 0 bridgehead atoms. The number of rotatable bonds is 0. The topological polar surface area (TPSA) is 60.4 Å². The molecule has 64 valence electrons. The van der Waals surface area contributed by atoms with Gasteiger partial charge in [0.2, 0.25) is 5.28 Å². The largest absolute Gasteiger partial charge is 0.245 e. The first-order valence-corrected chi connectivity index (χ1v) is 3.94. The van der Waals surface area contributed by atoms with Crippen molar-refractivity contribution in [1.82, 2.24) is 29.4 Å². The normalized spacial score (nSPS) is 11.5. The second-order valence-electron chi connectivity index (χ2n) is 2.51. The molecule has 3 heterocycles. The highest BCUT2D eigenvalue weighted by atomic mass is 35.5. The summed E-state index contributed by atoms with van der Waals surface area (Å²) in [4.78, 5) is 0. The smallest absolute Gasteiger partial charge is 0.212 e. The average molecular weight is 195 g/mol. The Hall–Kier alpha value is -1.69. The quantitative estimate of drug-likeness (QED) is 0.521. The summed E-state index contributed by atoms with van der Waals surface area (Å²) < 4.78 is 3.30. The van der Waals surface area contributed by atoms with Crippen LogP contribution in [-0.4, -0.2) is 29.4 Å². The molecular weight excluding hydrogens is 192 g/mol. The molecule has 3 rings (SSSR count). The van der Waals surface area contributed by atoms with E-state index in [1.54, 1.807) is 27.5 Å². The molecule has 6 nitrogen and oxygen atoms in total. The van der Waals surface area contributed by atoms with Gasteiger partial charge in [0.1, 0.15) is 6.33 Å². The molecule has 0 fully saturated rings. The molecule has 0 radical (unpaired) electrons. The molecule has 7 heteroatoms.